The molecule has 0 fully saturated rings. The van der Waals surface area contributed by atoms with Crippen LogP contribution in [0.2, 0.25) is 0 Å². The van der Waals surface area contributed by atoms with E-state index in [0.717, 1.165) is 31.6 Å². The molecule has 0 unspecified atom stereocenters. The van der Waals surface area contributed by atoms with Crippen LogP contribution in [0.4, 0.5) is 11.4 Å². The molecule has 1 heterocycles. The second-order valence-electron chi connectivity index (χ2n) is 7.34. The van der Waals surface area contributed by atoms with Gasteiger partial charge in [-0.15, -0.1) is 11.3 Å². The summed E-state index contributed by atoms with van der Waals surface area (Å²) in [4.78, 5) is 19.1. The number of hydrogen-bond acceptors (Lipinski definition) is 6. The lowest BCUT2D eigenvalue weighted by Crippen LogP contribution is -2.23. The van der Waals surface area contributed by atoms with Gasteiger partial charge in [0.1, 0.15) is 0 Å². The number of hydrogen-bond donors (Lipinski definition) is 1. The fourth-order valence-electron chi connectivity index (χ4n) is 3.02. The molecule has 1 N–H and O–H groups in total. The fourth-order valence-corrected chi connectivity index (χ4v) is 4.95. The lowest BCUT2D eigenvalue weighted by Gasteiger charge is -2.20. The highest BCUT2D eigenvalue weighted by molar-refractivity contribution is 7.89. The van der Waals surface area contributed by atoms with E-state index in [1.54, 1.807) is 23.5 Å². The van der Waals surface area contributed by atoms with Crippen LogP contribution in [0.3, 0.4) is 0 Å². The van der Waals surface area contributed by atoms with Gasteiger partial charge in [-0.05, 0) is 43.2 Å². The fraction of sp³-hybridized carbons (Fsp3) is 0.333. The molecular formula is C21H26N4O3S2. The van der Waals surface area contributed by atoms with Crippen LogP contribution in [0, 0.1) is 0 Å². The number of para-hydroxylation sites is 1. The van der Waals surface area contributed by atoms with Gasteiger partial charge >= 0.3 is 0 Å². The van der Waals surface area contributed by atoms with E-state index in [1.807, 2.05) is 43.3 Å². The first kappa shape index (κ1) is 22.2. The molecule has 0 aliphatic carbocycles. The molecule has 30 heavy (non-hydrogen) atoms. The van der Waals surface area contributed by atoms with Gasteiger partial charge < -0.3 is 10.2 Å². The van der Waals surface area contributed by atoms with Gasteiger partial charge in [0.05, 0.1) is 31.5 Å². The zero-order valence-corrected chi connectivity index (χ0v) is 19.2. The number of aromatic nitrogens is 1. The van der Waals surface area contributed by atoms with E-state index < -0.39 is 10.0 Å². The normalized spacial score (nSPS) is 11.8. The molecular weight excluding hydrogens is 420 g/mol. The monoisotopic (exact) mass is 446 g/mol. The van der Waals surface area contributed by atoms with E-state index in [0.29, 0.717) is 18.5 Å². The highest BCUT2D eigenvalue weighted by atomic mass is 32.2. The lowest BCUT2D eigenvalue weighted by atomic mass is 10.2. The second-order valence-corrected chi connectivity index (χ2v) is 10.6. The van der Waals surface area contributed by atoms with Crippen molar-refractivity contribution in [2.24, 2.45) is 0 Å². The molecule has 0 atom stereocenters. The molecule has 0 radical (unpaired) electrons. The van der Waals surface area contributed by atoms with Crippen molar-refractivity contribution in [1.29, 1.82) is 0 Å². The van der Waals surface area contributed by atoms with Gasteiger partial charge in [-0.25, -0.2) is 17.7 Å². The predicted octanol–water partition coefficient (Wildman–Crippen LogP) is 3.57. The standard InChI is InChI=1S/C21H26N4O3S2/c1-24(2)18-13-12-15(30(27,28)25(3)4)14-17(18)22-20(26)10-7-11-21-23-16-8-5-6-9-19(16)29-21/h5-6,8-9,12-14H,7,10-11H2,1-4H3,(H,22,26). The Labute approximate surface area is 181 Å². The first-order valence-corrected chi connectivity index (χ1v) is 11.8. The van der Waals surface area contributed by atoms with Crippen LogP contribution >= 0.6 is 11.3 Å². The molecule has 0 saturated carbocycles. The number of sulfonamides is 1. The number of nitrogens with one attached hydrogen (secondary N) is 1. The molecule has 9 heteroatoms. The summed E-state index contributed by atoms with van der Waals surface area (Å²) in [6.45, 7) is 0. The van der Waals surface area contributed by atoms with Crippen molar-refractivity contribution < 1.29 is 13.2 Å². The summed E-state index contributed by atoms with van der Waals surface area (Å²) in [5, 5.41) is 3.89. The lowest BCUT2D eigenvalue weighted by molar-refractivity contribution is -0.116. The van der Waals surface area contributed by atoms with Crippen LogP contribution < -0.4 is 10.2 Å². The minimum atomic E-state index is -3.59. The molecule has 0 saturated heterocycles. The number of benzene rings is 2. The van der Waals surface area contributed by atoms with Gasteiger partial charge in [-0.1, -0.05) is 12.1 Å². The third-order valence-electron chi connectivity index (χ3n) is 4.64. The quantitative estimate of drug-likeness (QED) is 0.572. The Bertz CT molecular complexity index is 1120. The third kappa shape index (κ3) is 4.97. The maximum absolute atomic E-state index is 12.5. The predicted molar refractivity (Wildman–Crippen MR) is 123 cm³/mol. The van der Waals surface area contributed by atoms with E-state index in [1.165, 1.54) is 20.2 Å². The Balaban J connectivity index is 1.68. The molecule has 0 bridgehead atoms. The zero-order chi connectivity index (χ0) is 21.9. The number of nitrogens with zero attached hydrogens (tertiary/aromatic N) is 3. The van der Waals surface area contributed by atoms with E-state index >= 15 is 0 Å². The van der Waals surface area contributed by atoms with Crippen molar-refractivity contribution >= 4 is 48.9 Å². The van der Waals surface area contributed by atoms with E-state index in [-0.39, 0.29) is 10.8 Å². The van der Waals surface area contributed by atoms with Gasteiger partial charge in [0.25, 0.3) is 0 Å². The molecule has 0 spiro atoms. The van der Waals surface area contributed by atoms with Crippen LogP contribution in [-0.2, 0) is 21.2 Å². The number of anilines is 2. The zero-order valence-electron chi connectivity index (χ0n) is 17.5. The minimum Gasteiger partial charge on any atom is -0.376 e. The Kier molecular flexibility index (Phi) is 6.74. The highest BCUT2D eigenvalue weighted by Crippen LogP contribution is 2.29. The summed E-state index contributed by atoms with van der Waals surface area (Å²) < 4.78 is 27.2. The van der Waals surface area contributed by atoms with Crippen molar-refractivity contribution in [3.05, 3.63) is 47.5 Å². The van der Waals surface area contributed by atoms with Crippen molar-refractivity contribution in [1.82, 2.24) is 9.29 Å². The van der Waals surface area contributed by atoms with E-state index in [4.69, 9.17) is 0 Å². The Morgan fingerprint density at radius 3 is 2.50 bits per heavy atom. The van der Waals surface area contributed by atoms with Crippen LogP contribution in [0.15, 0.2) is 47.4 Å². The molecule has 1 amide bonds. The summed E-state index contributed by atoms with van der Waals surface area (Å²) in [6.07, 6.45) is 1.72. The SMILES string of the molecule is CN(C)c1ccc(S(=O)(=O)N(C)C)cc1NC(=O)CCCc1nc2ccccc2s1. The van der Waals surface area contributed by atoms with E-state index in [2.05, 4.69) is 10.3 Å². The number of carbonyl (C=O) groups excluding carboxylic acids is 1. The minimum absolute atomic E-state index is 0.142. The molecule has 0 aliphatic heterocycles. The van der Waals surface area contributed by atoms with Crippen molar-refractivity contribution in [3.8, 4) is 0 Å². The summed E-state index contributed by atoms with van der Waals surface area (Å²) in [5.41, 5.74) is 2.21. The van der Waals surface area contributed by atoms with Crippen molar-refractivity contribution in [3.63, 3.8) is 0 Å². The average Bonchev–Trinajstić information content (AvgIpc) is 3.10. The molecule has 7 nitrogen and oxygen atoms in total. The van der Waals surface area contributed by atoms with Crippen molar-refractivity contribution in [2.45, 2.75) is 24.2 Å². The summed E-state index contributed by atoms with van der Waals surface area (Å²) in [5.74, 6) is -0.154. The number of thiazole rings is 1. The highest BCUT2D eigenvalue weighted by Gasteiger charge is 2.20. The molecule has 3 rings (SSSR count). The first-order valence-electron chi connectivity index (χ1n) is 9.56. The maximum Gasteiger partial charge on any atom is 0.242 e. The van der Waals surface area contributed by atoms with Crippen molar-refractivity contribution in [2.75, 3.05) is 38.4 Å². The van der Waals surface area contributed by atoms with E-state index in [9.17, 15) is 13.2 Å². The van der Waals surface area contributed by atoms with Crippen LogP contribution in [-0.4, -0.2) is 51.8 Å². The van der Waals surface area contributed by atoms with Crippen LogP contribution in [0.1, 0.15) is 17.8 Å². The molecule has 3 aromatic rings. The smallest absolute Gasteiger partial charge is 0.242 e. The van der Waals surface area contributed by atoms with Crippen LogP contribution in [0.25, 0.3) is 10.2 Å². The van der Waals surface area contributed by atoms with Gasteiger partial charge in [0, 0.05) is 34.6 Å². The topological polar surface area (TPSA) is 82.6 Å². The molecule has 0 aliphatic rings. The number of fused-ring (bicyclic) bond motifs is 1. The van der Waals surface area contributed by atoms with Gasteiger partial charge in [0.2, 0.25) is 15.9 Å². The average molecular weight is 447 g/mol. The summed E-state index contributed by atoms with van der Waals surface area (Å²) in [7, 11) is 3.07. The second kappa shape index (κ2) is 9.11. The third-order valence-corrected chi connectivity index (χ3v) is 7.54. The molecule has 1 aromatic heterocycles. The summed E-state index contributed by atoms with van der Waals surface area (Å²) >= 11 is 1.65. The number of carbonyl (C=O) groups is 1. The number of amides is 1. The Hall–Kier alpha value is -2.49. The number of rotatable bonds is 8. The molecule has 2 aromatic carbocycles. The Morgan fingerprint density at radius 1 is 1.10 bits per heavy atom. The number of aryl methyl sites for hydroxylation is 1. The first-order chi connectivity index (χ1) is 14.2. The Morgan fingerprint density at radius 2 is 1.83 bits per heavy atom. The van der Waals surface area contributed by atoms with Gasteiger partial charge in [-0.2, -0.15) is 0 Å². The summed E-state index contributed by atoms with van der Waals surface area (Å²) in [6, 6.07) is 12.7. The largest absolute Gasteiger partial charge is 0.376 e. The maximum atomic E-state index is 12.5. The van der Waals surface area contributed by atoms with Gasteiger partial charge in [0.15, 0.2) is 0 Å². The van der Waals surface area contributed by atoms with Gasteiger partial charge in [-0.3, -0.25) is 4.79 Å². The molecule has 160 valence electrons. The van der Waals surface area contributed by atoms with Crippen LogP contribution in [0.5, 0.6) is 0 Å².